The number of para-hydroxylation sites is 1. The molecule has 0 aliphatic carbocycles. The Kier molecular flexibility index (Phi) is 6.56. The van der Waals surface area contributed by atoms with Gasteiger partial charge in [0.1, 0.15) is 28.8 Å². The van der Waals surface area contributed by atoms with Crippen LogP contribution in [0.15, 0.2) is 42.6 Å². The summed E-state index contributed by atoms with van der Waals surface area (Å²) in [6, 6.07) is 7.91. The number of alkyl halides is 3. The van der Waals surface area contributed by atoms with E-state index in [1.807, 2.05) is 0 Å². The minimum Gasteiger partial charge on any atom is -0.496 e. The van der Waals surface area contributed by atoms with Crippen LogP contribution in [0.1, 0.15) is 21.6 Å². The van der Waals surface area contributed by atoms with Crippen LogP contribution in [0.25, 0.3) is 5.69 Å². The van der Waals surface area contributed by atoms with Gasteiger partial charge in [0.2, 0.25) is 0 Å². The highest BCUT2D eigenvalue weighted by Gasteiger charge is 2.41. The largest absolute Gasteiger partial charge is 0.496 e. The maximum Gasteiger partial charge on any atom is 0.434 e. The van der Waals surface area contributed by atoms with Crippen molar-refractivity contribution in [1.29, 1.82) is 0 Å². The van der Waals surface area contributed by atoms with Gasteiger partial charge in [-0.05, 0) is 12.1 Å². The Balaban J connectivity index is 1.96. The molecule has 0 aliphatic heterocycles. The van der Waals surface area contributed by atoms with Gasteiger partial charge in [-0.1, -0.05) is 12.1 Å². The van der Waals surface area contributed by atoms with Gasteiger partial charge in [-0.2, -0.15) is 18.3 Å². The van der Waals surface area contributed by atoms with Crippen molar-refractivity contribution in [2.75, 3.05) is 21.3 Å². The lowest BCUT2D eigenvalue weighted by atomic mass is 10.1. The van der Waals surface area contributed by atoms with Crippen LogP contribution < -0.4 is 19.5 Å². The third kappa shape index (κ3) is 4.46. The van der Waals surface area contributed by atoms with Crippen LogP contribution in [0.5, 0.6) is 17.2 Å². The number of methoxy groups -OCH3 is 3. The molecule has 1 heterocycles. The van der Waals surface area contributed by atoms with Gasteiger partial charge in [0.25, 0.3) is 5.91 Å². The first-order valence-corrected chi connectivity index (χ1v) is 9.18. The van der Waals surface area contributed by atoms with Crippen LogP contribution in [-0.2, 0) is 12.7 Å². The highest BCUT2D eigenvalue weighted by atomic mass is 19.4. The van der Waals surface area contributed by atoms with Crippen molar-refractivity contribution in [3.8, 4) is 22.9 Å². The number of ether oxygens (including phenoxy) is 3. The second-order valence-electron chi connectivity index (χ2n) is 6.46. The molecular formula is C21H19F4N3O4. The number of rotatable bonds is 7. The zero-order valence-electron chi connectivity index (χ0n) is 17.3. The topological polar surface area (TPSA) is 74.6 Å². The lowest BCUT2D eigenvalue weighted by molar-refractivity contribution is -0.143. The average molecular weight is 453 g/mol. The first-order valence-electron chi connectivity index (χ1n) is 9.18. The molecule has 170 valence electrons. The summed E-state index contributed by atoms with van der Waals surface area (Å²) in [6.45, 7) is -0.211. The molecule has 0 saturated heterocycles. The van der Waals surface area contributed by atoms with Crippen LogP contribution in [0.2, 0.25) is 0 Å². The zero-order chi connectivity index (χ0) is 23.5. The molecule has 1 amide bonds. The van der Waals surface area contributed by atoms with E-state index in [-0.39, 0.29) is 6.54 Å². The Bertz CT molecular complexity index is 1100. The molecule has 0 spiro atoms. The molecule has 0 bridgehead atoms. The van der Waals surface area contributed by atoms with Crippen molar-refractivity contribution >= 4 is 5.91 Å². The van der Waals surface area contributed by atoms with Crippen molar-refractivity contribution in [2.45, 2.75) is 12.7 Å². The number of carbonyl (C=O) groups is 1. The number of nitrogens with one attached hydrogen (secondary N) is 1. The summed E-state index contributed by atoms with van der Waals surface area (Å²) in [6.07, 6.45) is -4.23. The normalized spacial score (nSPS) is 11.2. The Morgan fingerprint density at radius 3 is 2.22 bits per heavy atom. The molecule has 1 aromatic heterocycles. The Morgan fingerprint density at radius 1 is 1.06 bits per heavy atom. The molecule has 0 fully saturated rings. The van der Waals surface area contributed by atoms with Gasteiger partial charge in [-0.25, -0.2) is 9.07 Å². The second-order valence-corrected chi connectivity index (χ2v) is 6.46. The molecule has 3 aromatic rings. The molecule has 0 saturated carbocycles. The van der Waals surface area contributed by atoms with Crippen molar-refractivity contribution < 1.29 is 36.6 Å². The third-order valence-electron chi connectivity index (χ3n) is 4.61. The maximum absolute atomic E-state index is 14.1. The van der Waals surface area contributed by atoms with Crippen molar-refractivity contribution in [3.63, 3.8) is 0 Å². The van der Waals surface area contributed by atoms with Crippen LogP contribution in [-0.4, -0.2) is 37.0 Å². The number of hydrogen-bond donors (Lipinski definition) is 1. The molecule has 11 heteroatoms. The SMILES string of the molecule is COc1cc(OC)c(CNC(=O)c2cnn(-c3ccccc3F)c2C(F)(F)F)c(OC)c1. The molecule has 0 atom stereocenters. The minimum absolute atomic E-state index is 0.211. The lowest BCUT2D eigenvalue weighted by Crippen LogP contribution is -2.27. The molecule has 7 nitrogen and oxygen atoms in total. The molecule has 1 N–H and O–H groups in total. The van der Waals surface area contributed by atoms with E-state index in [9.17, 15) is 22.4 Å². The van der Waals surface area contributed by atoms with E-state index < -0.39 is 34.8 Å². The number of benzene rings is 2. The number of nitrogens with zero attached hydrogens (tertiary/aromatic N) is 2. The van der Waals surface area contributed by atoms with Gasteiger partial charge in [0.05, 0.1) is 45.2 Å². The number of carbonyl (C=O) groups excluding carboxylic acids is 1. The van der Waals surface area contributed by atoms with Gasteiger partial charge in [0, 0.05) is 12.1 Å². The van der Waals surface area contributed by atoms with Gasteiger partial charge < -0.3 is 19.5 Å². The summed E-state index contributed by atoms with van der Waals surface area (Å²) < 4.78 is 71.5. The van der Waals surface area contributed by atoms with Crippen LogP contribution in [0.4, 0.5) is 17.6 Å². The number of amides is 1. The monoisotopic (exact) mass is 453 g/mol. The average Bonchev–Trinajstić information content (AvgIpc) is 3.22. The van der Waals surface area contributed by atoms with E-state index in [4.69, 9.17) is 14.2 Å². The fraction of sp³-hybridized carbons (Fsp3) is 0.238. The summed E-state index contributed by atoms with van der Waals surface area (Å²) in [5.74, 6) is -0.931. The molecular weight excluding hydrogens is 434 g/mol. The second kappa shape index (κ2) is 9.16. The molecule has 0 aliphatic rings. The fourth-order valence-corrected chi connectivity index (χ4v) is 3.11. The van der Waals surface area contributed by atoms with Crippen LogP contribution >= 0.6 is 0 Å². The van der Waals surface area contributed by atoms with Crippen molar-refractivity contribution in [2.24, 2.45) is 0 Å². The van der Waals surface area contributed by atoms with E-state index in [2.05, 4.69) is 10.4 Å². The quantitative estimate of drug-likeness (QED) is 0.548. The van der Waals surface area contributed by atoms with Crippen molar-refractivity contribution in [1.82, 2.24) is 15.1 Å². The molecule has 0 unspecified atom stereocenters. The van der Waals surface area contributed by atoms with Gasteiger partial charge in [0.15, 0.2) is 5.69 Å². The summed E-state index contributed by atoms with van der Waals surface area (Å²) in [5, 5.41) is 6.02. The lowest BCUT2D eigenvalue weighted by Gasteiger charge is -2.16. The Hall–Kier alpha value is -3.76. The summed E-state index contributed by atoms with van der Waals surface area (Å²) >= 11 is 0. The standard InChI is InChI=1S/C21H19F4N3O4/c1-30-12-8-17(31-2)13(18(9-12)32-3)10-26-20(29)14-11-27-28(19(14)21(23,24)25)16-7-5-4-6-15(16)22/h4-9,11H,10H2,1-3H3,(H,26,29). The molecule has 3 rings (SSSR count). The highest BCUT2D eigenvalue weighted by Crippen LogP contribution is 2.36. The predicted octanol–water partition coefficient (Wildman–Crippen LogP) is 3.99. The van der Waals surface area contributed by atoms with E-state index in [0.717, 1.165) is 18.3 Å². The Labute approximate surface area is 180 Å². The smallest absolute Gasteiger partial charge is 0.434 e. The van der Waals surface area contributed by atoms with Crippen molar-refractivity contribution in [3.05, 3.63) is 65.2 Å². The van der Waals surface area contributed by atoms with Gasteiger partial charge >= 0.3 is 6.18 Å². The number of halogens is 4. The molecule has 0 radical (unpaired) electrons. The van der Waals surface area contributed by atoms with Gasteiger partial charge in [-0.3, -0.25) is 4.79 Å². The summed E-state index contributed by atoms with van der Waals surface area (Å²) in [7, 11) is 4.22. The first kappa shape index (κ1) is 22.9. The minimum atomic E-state index is -4.97. The van der Waals surface area contributed by atoms with E-state index >= 15 is 0 Å². The van der Waals surface area contributed by atoms with Gasteiger partial charge in [-0.15, -0.1) is 0 Å². The van der Waals surface area contributed by atoms with Crippen LogP contribution in [0, 0.1) is 5.82 Å². The van der Waals surface area contributed by atoms with E-state index in [1.165, 1.54) is 33.5 Å². The number of aromatic nitrogens is 2. The Morgan fingerprint density at radius 2 is 1.69 bits per heavy atom. The van der Waals surface area contributed by atoms with E-state index in [1.54, 1.807) is 12.1 Å². The van der Waals surface area contributed by atoms with Crippen LogP contribution in [0.3, 0.4) is 0 Å². The third-order valence-corrected chi connectivity index (χ3v) is 4.61. The molecule has 2 aromatic carbocycles. The predicted molar refractivity (Wildman–Crippen MR) is 106 cm³/mol. The highest BCUT2D eigenvalue weighted by molar-refractivity contribution is 5.95. The fourth-order valence-electron chi connectivity index (χ4n) is 3.11. The number of hydrogen-bond acceptors (Lipinski definition) is 5. The molecule has 32 heavy (non-hydrogen) atoms. The maximum atomic E-state index is 14.1. The summed E-state index contributed by atoms with van der Waals surface area (Å²) in [4.78, 5) is 12.7. The summed E-state index contributed by atoms with van der Waals surface area (Å²) in [5.41, 5.74) is -2.20. The van der Waals surface area contributed by atoms with E-state index in [0.29, 0.717) is 27.5 Å². The zero-order valence-corrected chi connectivity index (χ0v) is 17.3. The first-order chi connectivity index (χ1) is 15.2.